The van der Waals surface area contributed by atoms with E-state index in [9.17, 15) is 14.3 Å². The molecule has 0 aliphatic carbocycles. The van der Waals surface area contributed by atoms with E-state index in [0.29, 0.717) is 22.3 Å². The summed E-state index contributed by atoms with van der Waals surface area (Å²) in [4.78, 5) is 17.9. The summed E-state index contributed by atoms with van der Waals surface area (Å²) in [6, 6.07) is 2.48. The van der Waals surface area contributed by atoms with Crippen LogP contribution in [0.2, 0.25) is 0 Å². The maximum Gasteiger partial charge on any atom is 0.253 e. The molecule has 120 valence electrons. The minimum atomic E-state index is -0.496. The lowest BCUT2D eigenvalue weighted by Crippen LogP contribution is -2.26. The minimum Gasteiger partial charge on any atom is -0.396 e. The van der Waals surface area contributed by atoms with Crippen LogP contribution in [0.15, 0.2) is 12.1 Å². The van der Waals surface area contributed by atoms with Gasteiger partial charge in [0.1, 0.15) is 5.82 Å². The number of hydrogen-bond acceptors (Lipinski definition) is 3. The lowest BCUT2D eigenvalue weighted by atomic mass is 9.89. The van der Waals surface area contributed by atoms with Crippen molar-refractivity contribution in [3.63, 3.8) is 0 Å². The van der Waals surface area contributed by atoms with Crippen LogP contribution in [-0.4, -0.2) is 34.1 Å². The van der Waals surface area contributed by atoms with Gasteiger partial charge in [0.25, 0.3) is 5.91 Å². The van der Waals surface area contributed by atoms with Crippen LogP contribution >= 0.6 is 12.2 Å². The third kappa shape index (κ3) is 3.92. The molecule has 0 unspecified atom stereocenters. The van der Waals surface area contributed by atoms with Crippen LogP contribution in [-0.2, 0) is 0 Å². The number of aromatic nitrogens is 2. The Hall–Kier alpha value is -1.73. The normalized spacial score (nSPS) is 11.8. The molecule has 0 radical (unpaired) electrons. The molecular weight excluding hydrogens is 305 g/mol. The summed E-state index contributed by atoms with van der Waals surface area (Å²) < 4.78 is 13.9. The fourth-order valence-corrected chi connectivity index (χ4v) is 2.44. The highest BCUT2D eigenvalue weighted by atomic mass is 32.1. The van der Waals surface area contributed by atoms with Crippen molar-refractivity contribution in [3.05, 3.63) is 28.3 Å². The van der Waals surface area contributed by atoms with Crippen molar-refractivity contribution >= 4 is 29.2 Å². The molecule has 0 aliphatic rings. The second-order valence-corrected chi connectivity index (χ2v) is 6.55. The molecule has 7 heteroatoms. The number of imidazole rings is 1. The highest BCUT2D eigenvalue weighted by molar-refractivity contribution is 7.71. The van der Waals surface area contributed by atoms with E-state index in [2.05, 4.69) is 15.3 Å². The number of benzene rings is 1. The standard InChI is InChI=1S/C15H20FN3O2S/c1-15(2,8-20)4-3-5-17-13(21)10-6-9(16)7-11-12(10)19-14(22)18-11/h6-7,20H,3-5,8H2,1-2H3,(H,17,21)(H2,18,19,22). The maximum atomic E-state index is 13.6. The number of carbonyl (C=O) groups excluding carboxylic acids is 1. The quantitative estimate of drug-likeness (QED) is 0.487. The topological polar surface area (TPSA) is 80.9 Å². The van der Waals surface area contributed by atoms with E-state index in [1.54, 1.807) is 0 Å². The number of hydrogen-bond donors (Lipinski definition) is 4. The summed E-state index contributed by atoms with van der Waals surface area (Å²) in [7, 11) is 0. The zero-order valence-corrected chi connectivity index (χ0v) is 13.4. The van der Waals surface area contributed by atoms with Gasteiger partial charge in [0.15, 0.2) is 4.77 Å². The number of fused-ring (bicyclic) bond motifs is 1. The second kappa shape index (κ2) is 6.58. The van der Waals surface area contributed by atoms with Crippen LogP contribution in [0, 0.1) is 16.0 Å². The average molecular weight is 325 g/mol. The van der Waals surface area contributed by atoms with E-state index >= 15 is 0 Å². The van der Waals surface area contributed by atoms with Crippen molar-refractivity contribution in [2.45, 2.75) is 26.7 Å². The molecule has 2 aromatic rings. The smallest absolute Gasteiger partial charge is 0.253 e. The fourth-order valence-electron chi connectivity index (χ4n) is 2.23. The first-order chi connectivity index (χ1) is 10.3. The summed E-state index contributed by atoms with van der Waals surface area (Å²) in [6.07, 6.45) is 1.52. The molecule has 1 heterocycles. The Bertz CT molecular complexity index is 736. The number of halogens is 1. The molecule has 1 amide bonds. The van der Waals surface area contributed by atoms with Gasteiger partial charge in [-0.25, -0.2) is 4.39 Å². The molecule has 0 bridgehead atoms. The molecule has 0 atom stereocenters. The first-order valence-electron chi connectivity index (χ1n) is 7.13. The number of rotatable bonds is 6. The Kier molecular flexibility index (Phi) is 4.97. The highest BCUT2D eigenvalue weighted by Gasteiger charge is 2.17. The van der Waals surface area contributed by atoms with Crippen LogP contribution < -0.4 is 5.32 Å². The maximum absolute atomic E-state index is 13.6. The fraction of sp³-hybridized carbons (Fsp3) is 0.467. The molecule has 1 aromatic carbocycles. The van der Waals surface area contributed by atoms with Gasteiger partial charge in [0.05, 0.1) is 16.6 Å². The monoisotopic (exact) mass is 325 g/mol. The van der Waals surface area contributed by atoms with Crippen molar-refractivity contribution in [3.8, 4) is 0 Å². The summed E-state index contributed by atoms with van der Waals surface area (Å²) in [5.41, 5.74) is 1.03. The Morgan fingerprint density at radius 2 is 2.14 bits per heavy atom. The second-order valence-electron chi connectivity index (χ2n) is 6.14. The van der Waals surface area contributed by atoms with Crippen LogP contribution in [0.1, 0.15) is 37.0 Å². The number of aliphatic hydroxyl groups excluding tert-OH is 1. The van der Waals surface area contributed by atoms with E-state index in [0.717, 1.165) is 12.8 Å². The van der Waals surface area contributed by atoms with Gasteiger partial charge in [0, 0.05) is 13.2 Å². The largest absolute Gasteiger partial charge is 0.396 e. The highest BCUT2D eigenvalue weighted by Crippen LogP contribution is 2.21. The van der Waals surface area contributed by atoms with E-state index < -0.39 is 5.82 Å². The number of carbonyl (C=O) groups is 1. The van der Waals surface area contributed by atoms with Gasteiger partial charge < -0.3 is 20.4 Å². The Morgan fingerprint density at radius 1 is 1.41 bits per heavy atom. The molecule has 0 spiro atoms. The average Bonchev–Trinajstić information content (AvgIpc) is 2.82. The Morgan fingerprint density at radius 3 is 2.82 bits per heavy atom. The minimum absolute atomic E-state index is 0.103. The van der Waals surface area contributed by atoms with Crippen molar-refractivity contribution in [2.24, 2.45) is 5.41 Å². The van der Waals surface area contributed by atoms with E-state index in [1.165, 1.54) is 12.1 Å². The SMILES string of the molecule is CC(C)(CO)CCCNC(=O)c1cc(F)cc2[nH]c(=S)[nH]c12. The molecule has 4 N–H and O–H groups in total. The molecule has 0 fully saturated rings. The summed E-state index contributed by atoms with van der Waals surface area (Å²) >= 11 is 4.97. The number of H-pyrrole nitrogens is 2. The molecule has 22 heavy (non-hydrogen) atoms. The van der Waals surface area contributed by atoms with Gasteiger partial charge in [-0.2, -0.15) is 0 Å². The first-order valence-corrected chi connectivity index (χ1v) is 7.54. The van der Waals surface area contributed by atoms with E-state index in [-0.39, 0.29) is 23.5 Å². The number of amides is 1. The molecule has 0 saturated carbocycles. The number of aliphatic hydroxyl groups is 1. The third-order valence-corrected chi connectivity index (χ3v) is 3.78. The summed E-state index contributed by atoms with van der Waals surface area (Å²) in [5, 5.41) is 12.0. The van der Waals surface area contributed by atoms with Crippen LogP contribution in [0.3, 0.4) is 0 Å². The van der Waals surface area contributed by atoms with Gasteiger partial charge >= 0.3 is 0 Å². The number of aromatic amines is 2. The van der Waals surface area contributed by atoms with Crippen LogP contribution in [0.5, 0.6) is 0 Å². The molecule has 2 rings (SSSR count). The summed E-state index contributed by atoms with van der Waals surface area (Å²) in [6.45, 7) is 4.49. The Balaban J connectivity index is 2.06. The zero-order chi connectivity index (χ0) is 16.3. The van der Waals surface area contributed by atoms with E-state index in [1.807, 2.05) is 13.8 Å². The van der Waals surface area contributed by atoms with Gasteiger partial charge in [-0.3, -0.25) is 4.79 Å². The van der Waals surface area contributed by atoms with Crippen LogP contribution in [0.25, 0.3) is 11.0 Å². The zero-order valence-electron chi connectivity index (χ0n) is 12.6. The van der Waals surface area contributed by atoms with Gasteiger partial charge in [-0.05, 0) is 42.6 Å². The van der Waals surface area contributed by atoms with Crippen molar-refractivity contribution in [2.75, 3.05) is 13.2 Å². The summed E-state index contributed by atoms with van der Waals surface area (Å²) in [5.74, 6) is -0.846. The lowest BCUT2D eigenvalue weighted by molar-refractivity contribution is 0.0949. The third-order valence-electron chi connectivity index (χ3n) is 3.58. The van der Waals surface area contributed by atoms with E-state index in [4.69, 9.17) is 12.2 Å². The molecule has 1 aromatic heterocycles. The predicted molar refractivity (Wildman–Crippen MR) is 85.9 cm³/mol. The van der Waals surface area contributed by atoms with Gasteiger partial charge in [0.2, 0.25) is 0 Å². The van der Waals surface area contributed by atoms with Crippen molar-refractivity contribution < 1.29 is 14.3 Å². The Labute approximate surface area is 132 Å². The molecule has 0 aliphatic heterocycles. The van der Waals surface area contributed by atoms with Gasteiger partial charge in [-0.1, -0.05) is 13.8 Å². The van der Waals surface area contributed by atoms with Crippen molar-refractivity contribution in [1.29, 1.82) is 0 Å². The molecule has 0 saturated heterocycles. The van der Waals surface area contributed by atoms with Crippen molar-refractivity contribution in [1.82, 2.24) is 15.3 Å². The predicted octanol–water partition coefficient (Wildman–Crippen LogP) is 2.89. The van der Waals surface area contributed by atoms with Crippen LogP contribution in [0.4, 0.5) is 4.39 Å². The lowest BCUT2D eigenvalue weighted by Gasteiger charge is -2.21. The molecule has 5 nitrogen and oxygen atoms in total. The first kappa shape index (κ1) is 16.6. The molecular formula is C15H20FN3O2S. The van der Waals surface area contributed by atoms with Gasteiger partial charge in [-0.15, -0.1) is 0 Å². The number of nitrogens with one attached hydrogen (secondary N) is 3.